The average Bonchev–Trinajstić information content (AvgIpc) is 2.74. The fraction of sp³-hybridized carbons (Fsp3) is 0.538. The molecule has 3 nitrogen and oxygen atoms in total. The Morgan fingerprint density at radius 3 is 2.69 bits per heavy atom. The molecule has 2 rings (SSSR count). The van der Waals surface area contributed by atoms with Gasteiger partial charge in [-0.05, 0) is 43.6 Å². The highest BCUT2D eigenvalue weighted by molar-refractivity contribution is 5.30. The van der Waals surface area contributed by atoms with Crippen molar-refractivity contribution in [2.24, 2.45) is 5.73 Å². The minimum absolute atomic E-state index is 0.565. The van der Waals surface area contributed by atoms with Gasteiger partial charge in [-0.15, -0.1) is 0 Å². The molecule has 0 bridgehead atoms. The molecule has 2 N–H and O–H groups in total. The van der Waals surface area contributed by atoms with Crippen LogP contribution < -0.4 is 10.5 Å². The van der Waals surface area contributed by atoms with E-state index in [1.165, 1.54) is 25.1 Å². The summed E-state index contributed by atoms with van der Waals surface area (Å²) < 4.78 is 5.46. The highest BCUT2D eigenvalue weighted by Crippen LogP contribution is 2.27. The highest BCUT2D eigenvalue weighted by atomic mass is 16.5. The van der Waals surface area contributed by atoms with Crippen LogP contribution in [0.15, 0.2) is 24.3 Å². The van der Waals surface area contributed by atoms with Gasteiger partial charge in [0.05, 0.1) is 0 Å². The summed E-state index contributed by atoms with van der Waals surface area (Å²) in [4.78, 5) is 2.38. The van der Waals surface area contributed by atoms with Gasteiger partial charge in [0.15, 0.2) is 0 Å². The summed E-state index contributed by atoms with van der Waals surface area (Å²) in [5.41, 5.74) is 6.81. The summed E-state index contributed by atoms with van der Waals surface area (Å²) in [5, 5.41) is 0. The molecule has 0 amide bonds. The monoisotopic (exact) mass is 220 g/mol. The summed E-state index contributed by atoms with van der Waals surface area (Å²) in [5.74, 6) is 1.61. The first kappa shape index (κ1) is 11.4. The lowest BCUT2D eigenvalue weighted by Crippen LogP contribution is -2.13. The Labute approximate surface area is 97.2 Å². The lowest BCUT2D eigenvalue weighted by molar-refractivity contribution is 0.328. The first-order chi connectivity index (χ1) is 7.79. The molecule has 1 aromatic carbocycles. The van der Waals surface area contributed by atoms with Gasteiger partial charge in [-0.3, -0.25) is 0 Å². The van der Waals surface area contributed by atoms with E-state index in [1.807, 2.05) is 12.1 Å². The van der Waals surface area contributed by atoms with Crippen molar-refractivity contribution in [3.05, 3.63) is 29.8 Å². The maximum Gasteiger partial charge on any atom is 0.119 e. The van der Waals surface area contributed by atoms with E-state index in [2.05, 4.69) is 24.1 Å². The molecule has 0 aliphatic carbocycles. The molecule has 1 atom stereocenters. The molecule has 0 spiro atoms. The molecule has 3 heteroatoms. The largest absolute Gasteiger partial charge is 0.492 e. The fourth-order valence-corrected chi connectivity index (χ4v) is 2.22. The van der Waals surface area contributed by atoms with E-state index in [9.17, 15) is 0 Å². The van der Waals surface area contributed by atoms with Gasteiger partial charge < -0.3 is 15.4 Å². The van der Waals surface area contributed by atoms with Crippen LogP contribution in [0.25, 0.3) is 0 Å². The van der Waals surface area contributed by atoms with E-state index >= 15 is 0 Å². The van der Waals surface area contributed by atoms with Gasteiger partial charge in [-0.25, -0.2) is 0 Å². The first-order valence-corrected chi connectivity index (χ1v) is 5.91. The predicted octanol–water partition coefficient (Wildman–Crippen LogP) is 1.44. The number of ether oxygens (including phenoxy) is 1. The molecule has 1 fully saturated rings. The molecule has 1 unspecified atom stereocenters. The molecular weight excluding hydrogens is 200 g/mol. The molecular formula is C13H20N2O. The van der Waals surface area contributed by atoms with Crippen molar-refractivity contribution in [2.45, 2.75) is 12.3 Å². The number of nitrogens with two attached hydrogens (primary N) is 1. The lowest BCUT2D eigenvalue weighted by Gasteiger charge is -2.11. The van der Waals surface area contributed by atoms with Gasteiger partial charge in [-0.1, -0.05) is 12.1 Å². The zero-order valence-electron chi connectivity index (χ0n) is 9.86. The Hall–Kier alpha value is -1.06. The molecule has 1 aliphatic rings. The van der Waals surface area contributed by atoms with Crippen molar-refractivity contribution in [1.82, 2.24) is 4.90 Å². The van der Waals surface area contributed by atoms with Crippen molar-refractivity contribution in [2.75, 3.05) is 33.3 Å². The molecule has 1 aromatic rings. The second kappa shape index (κ2) is 5.32. The second-order valence-corrected chi connectivity index (χ2v) is 4.45. The van der Waals surface area contributed by atoms with Crippen LogP contribution in [0, 0.1) is 0 Å². The smallest absolute Gasteiger partial charge is 0.119 e. The van der Waals surface area contributed by atoms with Crippen molar-refractivity contribution >= 4 is 0 Å². The summed E-state index contributed by atoms with van der Waals surface area (Å²) >= 11 is 0. The van der Waals surface area contributed by atoms with Gasteiger partial charge in [-0.2, -0.15) is 0 Å². The Balaban J connectivity index is 1.96. The van der Waals surface area contributed by atoms with E-state index in [-0.39, 0.29) is 0 Å². The Kier molecular flexibility index (Phi) is 3.80. The predicted molar refractivity (Wildman–Crippen MR) is 65.8 cm³/mol. The molecule has 16 heavy (non-hydrogen) atoms. The summed E-state index contributed by atoms with van der Waals surface area (Å²) in [6.07, 6.45) is 1.26. The molecule has 1 aliphatic heterocycles. The molecule has 0 radical (unpaired) electrons. The molecule has 0 saturated carbocycles. The second-order valence-electron chi connectivity index (χ2n) is 4.45. The van der Waals surface area contributed by atoms with Gasteiger partial charge in [0, 0.05) is 13.1 Å². The molecule has 1 saturated heterocycles. The van der Waals surface area contributed by atoms with E-state index in [0.29, 0.717) is 19.1 Å². The van der Waals surface area contributed by atoms with Crippen LogP contribution in [0.3, 0.4) is 0 Å². The van der Waals surface area contributed by atoms with Crippen LogP contribution in [0.5, 0.6) is 5.75 Å². The minimum atomic E-state index is 0.565. The third-order valence-electron chi connectivity index (χ3n) is 3.13. The van der Waals surface area contributed by atoms with Gasteiger partial charge >= 0.3 is 0 Å². The molecule has 0 aromatic heterocycles. The first-order valence-electron chi connectivity index (χ1n) is 5.91. The number of likely N-dealkylation sites (N-methyl/N-ethyl adjacent to an activating group) is 1. The zero-order chi connectivity index (χ0) is 11.4. The third kappa shape index (κ3) is 2.74. The quantitative estimate of drug-likeness (QED) is 0.834. The van der Waals surface area contributed by atoms with E-state index in [4.69, 9.17) is 10.5 Å². The van der Waals surface area contributed by atoms with Gasteiger partial charge in [0.1, 0.15) is 12.4 Å². The maximum absolute atomic E-state index is 5.46. The third-order valence-corrected chi connectivity index (χ3v) is 3.13. The Bertz CT molecular complexity index is 323. The van der Waals surface area contributed by atoms with Crippen molar-refractivity contribution in [3.63, 3.8) is 0 Å². The van der Waals surface area contributed by atoms with Crippen LogP contribution in [0.4, 0.5) is 0 Å². The van der Waals surface area contributed by atoms with Crippen molar-refractivity contribution < 1.29 is 4.74 Å². The number of hydrogen-bond acceptors (Lipinski definition) is 3. The van der Waals surface area contributed by atoms with Crippen LogP contribution in [-0.4, -0.2) is 38.2 Å². The van der Waals surface area contributed by atoms with Crippen LogP contribution in [0.1, 0.15) is 17.9 Å². The average molecular weight is 220 g/mol. The normalized spacial score (nSPS) is 21.2. The zero-order valence-corrected chi connectivity index (χ0v) is 9.86. The van der Waals surface area contributed by atoms with Crippen molar-refractivity contribution in [3.8, 4) is 5.75 Å². The topological polar surface area (TPSA) is 38.5 Å². The maximum atomic E-state index is 5.46. The van der Waals surface area contributed by atoms with Gasteiger partial charge in [0.25, 0.3) is 0 Å². The fourth-order valence-electron chi connectivity index (χ4n) is 2.22. The highest BCUT2D eigenvalue weighted by Gasteiger charge is 2.20. The Morgan fingerprint density at radius 1 is 1.38 bits per heavy atom. The van der Waals surface area contributed by atoms with E-state index < -0.39 is 0 Å². The number of hydrogen-bond donors (Lipinski definition) is 1. The standard InChI is InChI=1S/C13H20N2O/c1-15-8-6-12(10-15)11-2-4-13(5-3-11)16-9-7-14/h2-5,12H,6-10,14H2,1H3. The van der Waals surface area contributed by atoms with Crippen LogP contribution >= 0.6 is 0 Å². The van der Waals surface area contributed by atoms with E-state index in [0.717, 1.165) is 5.75 Å². The Morgan fingerprint density at radius 2 is 2.12 bits per heavy atom. The van der Waals surface area contributed by atoms with Crippen molar-refractivity contribution in [1.29, 1.82) is 0 Å². The summed E-state index contributed by atoms with van der Waals surface area (Å²) in [7, 11) is 2.18. The minimum Gasteiger partial charge on any atom is -0.492 e. The van der Waals surface area contributed by atoms with Crippen LogP contribution in [0.2, 0.25) is 0 Å². The number of likely N-dealkylation sites (tertiary alicyclic amines) is 1. The number of benzene rings is 1. The molecule has 1 heterocycles. The van der Waals surface area contributed by atoms with Gasteiger partial charge in [0.2, 0.25) is 0 Å². The summed E-state index contributed by atoms with van der Waals surface area (Å²) in [6, 6.07) is 8.44. The van der Waals surface area contributed by atoms with E-state index in [1.54, 1.807) is 0 Å². The van der Waals surface area contributed by atoms with Crippen LogP contribution in [-0.2, 0) is 0 Å². The number of rotatable bonds is 4. The lowest BCUT2D eigenvalue weighted by atomic mass is 9.98. The number of nitrogens with zero attached hydrogens (tertiary/aromatic N) is 1. The SMILES string of the molecule is CN1CCC(c2ccc(OCCN)cc2)C1. The molecule has 88 valence electrons. The summed E-state index contributed by atoms with van der Waals surface area (Å²) in [6.45, 7) is 3.53.